The van der Waals surface area contributed by atoms with Crippen molar-refractivity contribution in [2.45, 2.75) is 46.3 Å². The maximum Gasteiger partial charge on any atom is 0.407 e. The summed E-state index contributed by atoms with van der Waals surface area (Å²) >= 11 is 0. The Balaban J connectivity index is 1.36. The van der Waals surface area contributed by atoms with E-state index in [4.69, 9.17) is 10.5 Å². The number of benzene rings is 2. The van der Waals surface area contributed by atoms with Crippen molar-refractivity contribution < 1.29 is 23.9 Å². The number of hydrogen-bond acceptors (Lipinski definition) is 8. The molecule has 1 aromatic heterocycles. The lowest BCUT2D eigenvalue weighted by Gasteiger charge is -2.22. The highest BCUT2D eigenvalue weighted by Gasteiger charge is 2.21. The maximum atomic E-state index is 13.2. The number of nitrogens with two attached hydrogens (primary N) is 1. The van der Waals surface area contributed by atoms with E-state index in [9.17, 15) is 19.2 Å². The number of fused-ring (bicyclic) bond motifs is 1. The van der Waals surface area contributed by atoms with Crippen LogP contribution in [0, 0.1) is 0 Å². The van der Waals surface area contributed by atoms with Crippen LogP contribution in [-0.2, 0) is 27.5 Å². The van der Waals surface area contributed by atoms with E-state index in [0.29, 0.717) is 64.7 Å². The fourth-order valence-electron chi connectivity index (χ4n) is 4.72. The second kappa shape index (κ2) is 15.8. The topological polar surface area (TPSA) is 168 Å². The summed E-state index contributed by atoms with van der Waals surface area (Å²) in [6.07, 6.45) is 6.79. The summed E-state index contributed by atoms with van der Waals surface area (Å²) in [5, 5.41) is 8.02. The molecule has 0 spiro atoms. The molecule has 45 heavy (non-hydrogen) atoms. The van der Waals surface area contributed by atoms with Crippen molar-refractivity contribution in [3.8, 4) is 0 Å². The molecule has 0 unspecified atom stereocenters. The van der Waals surface area contributed by atoms with Gasteiger partial charge in [-0.2, -0.15) is 0 Å². The van der Waals surface area contributed by atoms with Gasteiger partial charge in [0.05, 0.1) is 17.6 Å². The van der Waals surface area contributed by atoms with Crippen LogP contribution in [0.1, 0.15) is 60.2 Å². The van der Waals surface area contributed by atoms with Crippen molar-refractivity contribution in [1.82, 2.24) is 15.2 Å². The van der Waals surface area contributed by atoms with Gasteiger partial charge in [-0.05, 0) is 60.4 Å². The van der Waals surface area contributed by atoms with Gasteiger partial charge in [0, 0.05) is 54.6 Å². The zero-order valence-corrected chi connectivity index (χ0v) is 25.3. The number of pyridine rings is 1. The SMILES string of the molecule is CCCN(CCC)C(=O)C1=Cc2ccc(C(=O)Nc3cncc(CNC(=O)OCc4ccc(NC=O)cc4)c3)cc2N=C(N)C1. The number of rotatable bonds is 13. The van der Waals surface area contributed by atoms with E-state index in [0.717, 1.165) is 18.4 Å². The molecule has 4 rings (SSSR count). The normalized spacial score (nSPS) is 12.0. The summed E-state index contributed by atoms with van der Waals surface area (Å²) in [5.74, 6) is -0.137. The smallest absolute Gasteiger partial charge is 0.407 e. The van der Waals surface area contributed by atoms with Crippen molar-refractivity contribution in [2.24, 2.45) is 10.7 Å². The summed E-state index contributed by atoms with van der Waals surface area (Å²) in [4.78, 5) is 59.5. The minimum absolute atomic E-state index is 0.0545. The van der Waals surface area contributed by atoms with E-state index >= 15 is 0 Å². The molecule has 3 aromatic rings. The Bertz CT molecular complexity index is 1600. The molecule has 1 aliphatic rings. The van der Waals surface area contributed by atoms with Gasteiger partial charge in [0.1, 0.15) is 12.4 Å². The highest BCUT2D eigenvalue weighted by Crippen LogP contribution is 2.29. The van der Waals surface area contributed by atoms with E-state index in [1.807, 2.05) is 18.7 Å². The van der Waals surface area contributed by atoms with Crippen LogP contribution in [0.5, 0.6) is 0 Å². The average Bonchev–Trinajstić information content (AvgIpc) is 3.20. The molecule has 0 radical (unpaired) electrons. The number of ether oxygens (including phenoxy) is 1. The number of nitrogens with one attached hydrogen (secondary N) is 3. The number of aromatic nitrogens is 1. The fraction of sp³-hybridized carbons (Fsp3) is 0.273. The van der Waals surface area contributed by atoms with E-state index in [1.54, 1.807) is 60.8 Å². The van der Waals surface area contributed by atoms with Gasteiger partial charge in [-0.15, -0.1) is 0 Å². The number of amides is 4. The highest BCUT2D eigenvalue weighted by atomic mass is 16.5. The standard InChI is InChI=1S/C33H37N7O5/c1-3-11-40(12-4-2)32(43)26-14-24-7-8-25(15-29(24)39-30(34)16-26)31(42)38-28-13-23(17-35-19-28)18-36-33(44)45-20-22-5-9-27(10-6-22)37-21-41/h5-10,13-15,17,19,21H,3-4,11-12,16,18,20H2,1-2H3,(H2,34,39)(H,36,44)(H,37,41)(H,38,42). The molecule has 12 nitrogen and oxygen atoms in total. The number of carbonyl (C=O) groups is 4. The Morgan fingerprint density at radius 1 is 0.978 bits per heavy atom. The third kappa shape index (κ3) is 9.23. The van der Waals surface area contributed by atoms with Crippen molar-refractivity contribution in [3.05, 3.63) is 88.8 Å². The Kier molecular flexibility index (Phi) is 11.4. The summed E-state index contributed by atoms with van der Waals surface area (Å²) in [5.41, 5.74) is 10.8. The van der Waals surface area contributed by atoms with Crippen molar-refractivity contribution in [1.29, 1.82) is 0 Å². The molecule has 234 valence electrons. The Morgan fingerprint density at radius 2 is 1.73 bits per heavy atom. The van der Waals surface area contributed by atoms with Crippen LogP contribution in [0.3, 0.4) is 0 Å². The van der Waals surface area contributed by atoms with Gasteiger partial charge >= 0.3 is 6.09 Å². The van der Waals surface area contributed by atoms with E-state index < -0.39 is 6.09 Å². The zero-order chi connectivity index (χ0) is 32.2. The number of nitrogens with zero attached hydrogens (tertiary/aromatic N) is 3. The molecule has 5 N–H and O–H groups in total. The van der Waals surface area contributed by atoms with Crippen LogP contribution in [0.25, 0.3) is 6.08 Å². The van der Waals surface area contributed by atoms with Gasteiger partial charge in [-0.25, -0.2) is 9.79 Å². The van der Waals surface area contributed by atoms with Gasteiger partial charge in [0.2, 0.25) is 12.3 Å². The van der Waals surface area contributed by atoms with Crippen molar-refractivity contribution in [2.75, 3.05) is 23.7 Å². The predicted octanol–water partition coefficient (Wildman–Crippen LogP) is 4.75. The largest absolute Gasteiger partial charge is 0.445 e. The first-order chi connectivity index (χ1) is 21.8. The van der Waals surface area contributed by atoms with Gasteiger partial charge < -0.3 is 31.3 Å². The minimum atomic E-state index is -0.619. The van der Waals surface area contributed by atoms with Crippen molar-refractivity contribution >= 4 is 53.3 Å². The first-order valence-electron chi connectivity index (χ1n) is 14.7. The molecule has 0 aliphatic carbocycles. The molecular weight excluding hydrogens is 574 g/mol. The highest BCUT2D eigenvalue weighted by molar-refractivity contribution is 6.07. The number of hydrogen-bond donors (Lipinski definition) is 4. The third-order valence-corrected chi connectivity index (χ3v) is 6.85. The first-order valence-corrected chi connectivity index (χ1v) is 14.7. The minimum Gasteiger partial charge on any atom is -0.445 e. The lowest BCUT2D eigenvalue weighted by molar-refractivity contribution is -0.127. The number of anilines is 2. The van der Waals surface area contributed by atoms with Crippen LogP contribution in [0.4, 0.5) is 21.9 Å². The van der Waals surface area contributed by atoms with E-state index in [-0.39, 0.29) is 31.4 Å². The second-order valence-electron chi connectivity index (χ2n) is 10.4. The van der Waals surface area contributed by atoms with Gasteiger partial charge in [0.15, 0.2) is 0 Å². The van der Waals surface area contributed by atoms with Gasteiger partial charge in [-0.1, -0.05) is 32.0 Å². The van der Waals surface area contributed by atoms with Crippen molar-refractivity contribution in [3.63, 3.8) is 0 Å². The first kappa shape index (κ1) is 32.4. The fourth-order valence-corrected chi connectivity index (χ4v) is 4.72. The molecule has 2 aromatic carbocycles. The second-order valence-corrected chi connectivity index (χ2v) is 10.4. The lowest BCUT2D eigenvalue weighted by Crippen LogP contribution is -2.34. The summed E-state index contributed by atoms with van der Waals surface area (Å²) in [6, 6.07) is 13.6. The van der Waals surface area contributed by atoms with Gasteiger partial charge in [0.25, 0.3) is 5.91 Å². The van der Waals surface area contributed by atoms with E-state index in [1.165, 1.54) is 6.20 Å². The maximum absolute atomic E-state index is 13.2. The molecule has 0 atom stereocenters. The summed E-state index contributed by atoms with van der Waals surface area (Å²) in [7, 11) is 0. The number of amidine groups is 1. The number of aliphatic imine (C=N–C) groups is 1. The van der Waals surface area contributed by atoms with Crippen LogP contribution < -0.4 is 21.7 Å². The lowest BCUT2D eigenvalue weighted by atomic mass is 10.0. The Hall–Kier alpha value is -5.52. The molecule has 0 fully saturated rings. The molecule has 0 saturated carbocycles. The molecule has 0 bridgehead atoms. The van der Waals surface area contributed by atoms with Gasteiger partial charge in [-0.3, -0.25) is 19.4 Å². The monoisotopic (exact) mass is 611 g/mol. The average molecular weight is 612 g/mol. The van der Waals surface area contributed by atoms with Crippen LogP contribution in [0.2, 0.25) is 0 Å². The quantitative estimate of drug-likeness (QED) is 0.202. The van der Waals surface area contributed by atoms with E-state index in [2.05, 4.69) is 25.9 Å². The summed E-state index contributed by atoms with van der Waals surface area (Å²) < 4.78 is 5.24. The Labute approximate surface area is 261 Å². The third-order valence-electron chi connectivity index (χ3n) is 6.85. The Morgan fingerprint density at radius 3 is 2.44 bits per heavy atom. The predicted molar refractivity (Wildman–Crippen MR) is 173 cm³/mol. The number of alkyl carbamates (subject to hydrolysis) is 1. The zero-order valence-electron chi connectivity index (χ0n) is 25.3. The molecule has 1 aliphatic heterocycles. The molecular formula is C33H37N7O5. The molecule has 0 saturated heterocycles. The molecule has 12 heteroatoms. The number of carbonyl (C=O) groups excluding carboxylic acids is 4. The molecule has 4 amide bonds. The summed E-state index contributed by atoms with van der Waals surface area (Å²) in [6.45, 7) is 5.60. The van der Waals surface area contributed by atoms with Crippen LogP contribution in [-0.4, -0.2) is 53.1 Å². The van der Waals surface area contributed by atoms with Crippen LogP contribution in [0.15, 0.2) is 71.5 Å². The van der Waals surface area contributed by atoms with Crippen LogP contribution >= 0.6 is 0 Å². The molecule has 2 heterocycles.